The highest BCUT2D eigenvalue weighted by atomic mass is 16.7. The Kier molecular flexibility index (Phi) is 4.30. The summed E-state index contributed by atoms with van der Waals surface area (Å²) in [4.78, 5) is 35.2. The Morgan fingerprint density at radius 2 is 1.87 bits per heavy atom. The van der Waals surface area contributed by atoms with Gasteiger partial charge < -0.3 is 9.26 Å². The maximum absolute atomic E-state index is 11.9. The predicted octanol–water partition coefficient (Wildman–Crippen LogP) is 1.01. The molecule has 0 aliphatic heterocycles. The summed E-state index contributed by atoms with van der Waals surface area (Å²) >= 11 is 0. The minimum absolute atomic E-state index is 0.127. The Balaban J connectivity index is 2.57. The van der Waals surface area contributed by atoms with Crippen molar-refractivity contribution >= 4 is 5.97 Å². The van der Waals surface area contributed by atoms with Crippen LogP contribution in [0.25, 0.3) is 11.4 Å². The summed E-state index contributed by atoms with van der Waals surface area (Å²) in [7, 11) is 0. The summed E-state index contributed by atoms with van der Waals surface area (Å²) in [5, 5.41) is 26.0. The zero-order valence-electron chi connectivity index (χ0n) is 11.7. The van der Waals surface area contributed by atoms with Gasteiger partial charge in [-0.1, -0.05) is 35.5 Å². The Morgan fingerprint density at radius 1 is 1.26 bits per heavy atom. The van der Waals surface area contributed by atoms with Crippen molar-refractivity contribution in [2.45, 2.75) is 12.6 Å². The van der Waals surface area contributed by atoms with Crippen molar-refractivity contribution in [3.8, 4) is 11.4 Å². The van der Waals surface area contributed by atoms with Crippen LogP contribution in [-0.2, 0) is 15.2 Å². The smallest absolute Gasteiger partial charge is 0.455 e. The third-order valence-corrected chi connectivity index (χ3v) is 2.84. The van der Waals surface area contributed by atoms with Crippen molar-refractivity contribution in [3.63, 3.8) is 0 Å². The van der Waals surface area contributed by atoms with E-state index in [4.69, 9.17) is 0 Å². The number of ether oxygens (including phenoxy) is 1. The number of hydrogen-bond acceptors (Lipinski definition) is 9. The van der Waals surface area contributed by atoms with Gasteiger partial charge in [0.05, 0.1) is 6.61 Å². The molecule has 120 valence electrons. The third-order valence-electron chi connectivity index (χ3n) is 2.84. The largest absolute Gasteiger partial charge is 0.631 e. The van der Waals surface area contributed by atoms with Gasteiger partial charge in [-0.25, -0.2) is 4.79 Å². The van der Waals surface area contributed by atoms with E-state index in [1.807, 2.05) is 0 Å². The van der Waals surface area contributed by atoms with Crippen LogP contribution in [0.1, 0.15) is 12.8 Å². The van der Waals surface area contributed by atoms with E-state index >= 15 is 0 Å². The highest BCUT2D eigenvalue weighted by Crippen LogP contribution is 2.28. The van der Waals surface area contributed by atoms with Crippen molar-refractivity contribution in [1.82, 2.24) is 10.1 Å². The van der Waals surface area contributed by atoms with Gasteiger partial charge in [0.1, 0.15) is 9.85 Å². The first-order valence-corrected chi connectivity index (χ1v) is 6.30. The molecule has 0 amide bonds. The van der Waals surface area contributed by atoms with Gasteiger partial charge in [-0.15, -0.1) is 0 Å². The zero-order valence-corrected chi connectivity index (χ0v) is 11.7. The molecule has 11 nitrogen and oxygen atoms in total. The number of carbonyl (C=O) groups is 1. The van der Waals surface area contributed by atoms with Gasteiger partial charge in [0.2, 0.25) is 5.82 Å². The van der Waals surface area contributed by atoms with Crippen LogP contribution in [0.5, 0.6) is 0 Å². The molecule has 0 bridgehead atoms. The molecule has 0 N–H and O–H groups in total. The average molecular weight is 322 g/mol. The molecule has 0 unspecified atom stereocenters. The monoisotopic (exact) mass is 322 g/mol. The highest BCUT2D eigenvalue weighted by Gasteiger charge is 2.73. The van der Waals surface area contributed by atoms with Crippen molar-refractivity contribution in [1.29, 1.82) is 0 Å². The molecule has 0 spiro atoms. The molecular formula is C12H10N4O7. The van der Waals surface area contributed by atoms with E-state index in [9.17, 15) is 25.0 Å². The van der Waals surface area contributed by atoms with Crippen LogP contribution in [0.15, 0.2) is 34.9 Å². The number of nitro groups is 2. The van der Waals surface area contributed by atoms with E-state index in [1.165, 1.54) is 6.92 Å². The molecule has 2 aromatic rings. The summed E-state index contributed by atoms with van der Waals surface area (Å²) in [6.45, 7) is 1.06. The van der Waals surface area contributed by atoms with E-state index < -0.39 is 27.4 Å². The number of benzene rings is 1. The molecule has 0 saturated heterocycles. The first kappa shape index (κ1) is 16.0. The standard InChI is InChI=1S/C12H10N4O7/c1-2-22-11(17)12(15(18)19,16(20)21)10-13-9(14-23-10)8-6-4-3-5-7-8/h3-7H,2H2,1H3. The number of nitrogens with zero attached hydrogens (tertiary/aromatic N) is 4. The molecule has 2 rings (SSSR count). The molecule has 1 aromatic heterocycles. The first-order chi connectivity index (χ1) is 10.9. The van der Waals surface area contributed by atoms with Gasteiger partial charge in [0.15, 0.2) is 0 Å². The maximum Gasteiger partial charge on any atom is 0.631 e. The minimum Gasteiger partial charge on any atom is -0.455 e. The summed E-state index contributed by atoms with van der Waals surface area (Å²) < 4.78 is 9.08. The number of hydrogen-bond donors (Lipinski definition) is 0. The van der Waals surface area contributed by atoms with Gasteiger partial charge in [-0.2, -0.15) is 4.98 Å². The van der Waals surface area contributed by atoms with E-state index in [-0.39, 0.29) is 12.4 Å². The fourth-order valence-electron chi connectivity index (χ4n) is 1.76. The van der Waals surface area contributed by atoms with Crippen LogP contribution in [0.4, 0.5) is 0 Å². The van der Waals surface area contributed by atoms with Gasteiger partial charge in [0.25, 0.3) is 0 Å². The second-order valence-electron chi connectivity index (χ2n) is 4.20. The molecule has 0 atom stereocenters. The number of rotatable bonds is 6. The fraction of sp³-hybridized carbons (Fsp3) is 0.250. The zero-order chi connectivity index (χ0) is 17.0. The summed E-state index contributed by atoms with van der Waals surface area (Å²) in [5.74, 6) is -2.92. The molecule has 0 aliphatic carbocycles. The first-order valence-electron chi connectivity index (χ1n) is 6.30. The van der Waals surface area contributed by atoms with Gasteiger partial charge in [-0.3, -0.25) is 20.2 Å². The van der Waals surface area contributed by atoms with Crippen LogP contribution >= 0.6 is 0 Å². The predicted molar refractivity (Wildman–Crippen MR) is 72.0 cm³/mol. The van der Waals surface area contributed by atoms with Crippen LogP contribution in [-0.4, -0.2) is 32.6 Å². The summed E-state index contributed by atoms with van der Waals surface area (Å²) in [6.07, 6.45) is 0. The van der Waals surface area contributed by atoms with E-state index in [0.717, 1.165) is 0 Å². The second-order valence-corrected chi connectivity index (χ2v) is 4.20. The Hall–Kier alpha value is -3.37. The van der Waals surface area contributed by atoms with E-state index in [1.54, 1.807) is 30.3 Å². The Morgan fingerprint density at radius 3 is 2.39 bits per heavy atom. The van der Waals surface area contributed by atoms with Crippen LogP contribution < -0.4 is 0 Å². The average Bonchev–Trinajstić information content (AvgIpc) is 2.98. The van der Waals surface area contributed by atoms with Crippen LogP contribution in [0.3, 0.4) is 0 Å². The molecular weight excluding hydrogens is 312 g/mol. The van der Waals surface area contributed by atoms with E-state index in [0.29, 0.717) is 5.56 Å². The molecule has 0 aliphatic rings. The lowest BCUT2D eigenvalue weighted by Gasteiger charge is -2.11. The lowest BCUT2D eigenvalue weighted by atomic mass is 10.2. The fourth-order valence-corrected chi connectivity index (χ4v) is 1.76. The number of aromatic nitrogens is 2. The number of carbonyl (C=O) groups excluding carboxylic acids is 1. The van der Waals surface area contributed by atoms with E-state index in [2.05, 4.69) is 19.4 Å². The van der Waals surface area contributed by atoms with Crippen molar-refractivity contribution < 1.29 is 23.9 Å². The maximum atomic E-state index is 11.9. The third kappa shape index (κ3) is 2.59. The molecule has 23 heavy (non-hydrogen) atoms. The topological polar surface area (TPSA) is 152 Å². The van der Waals surface area contributed by atoms with Crippen molar-refractivity contribution in [2.24, 2.45) is 0 Å². The molecule has 11 heteroatoms. The quantitative estimate of drug-likeness (QED) is 0.328. The molecule has 0 saturated carbocycles. The Bertz CT molecular complexity index is 729. The second kappa shape index (κ2) is 6.17. The van der Waals surface area contributed by atoms with Crippen LogP contribution in [0, 0.1) is 20.2 Å². The normalized spacial score (nSPS) is 11.0. The lowest BCUT2D eigenvalue weighted by molar-refractivity contribution is -0.794. The molecule has 1 heterocycles. The van der Waals surface area contributed by atoms with Crippen LogP contribution in [0.2, 0.25) is 0 Å². The van der Waals surface area contributed by atoms with Crippen molar-refractivity contribution in [3.05, 3.63) is 56.5 Å². The van der Waals surface area contributed by atoms with Gasteiger partial charge in [0, 0.05) is 5.56 Å². The van der Waals surface area contributed by atoms with Gasteiger partial charge in [-0.05, 0) is 6.92 Å². The number of esters is 1. The summed E-state index contributed by atoms with van der Waals surface area (Å²) in [6, 6.07) is 8.13. The molecule has 1 aromatic carbocycles. The Labute approximate surface area is 128 Å². The van der Waals surface area contributed by atoms with Crippen molar-refractivity contribution in [2.75, 3.05) is 6.61 Å². The summed E-state index contributed by atoms with van der Waals surface area (Å²) in [5.41, 5.74) is -3.09. The molecule has 0 radical (unpaired) electrons. The lowest BCUT2D eigenvalue weighted by Crippen LogP contribution is -2.51. The highest BCUT2D eigenvalue weighted by molar-refractivity contribution is 5.77. The molecule has 0 fully saturated rings. The SMILES string of the molecule is CCOC(=O)C(c1nc(-c2ccccc2)no1)([N+](=O)[O-])[N+](=O)[O-]. The van der Waals surface area contributed by atoms with Gasteiger partial charge >= 0.3 is 17.5 Å². The minimum atomic E-state index is -3.50.